The summed E-state index contributed by atoms with van der Waals surface area (Å²) in [5.41, 5.74) is 2.52. The lowest BCUT2D eigenvalue weighted by Crippen LogP contribution is -2.56. The van der Waals surface area contributed by atoms with E-state index in [-0.39, 0.29) is 12.3 Å². The lowest BCUT2D eigenvalue weighted by molar-refractivity contribution is -0.202. The Morgan fingerprint density at radius 1 is 1.00 bits per heavy atom. The summed E-state index contributed by atoms with van der Waals surface area (Å²) in [6.07, 6.45) is 1.24. The number of nitrogens with zero attached hydrogens (tertiary/aromatic N) is 2. The summed E-state index contributed by atoms with van der Waals surface area (Å²) in [7, 11) is 1.31. The van der Waals surface area contributed by atoms with Crippen molar-refractivity contribution in [2.24, 2.45) is 0 Å². The number of H-pyrrole nitrogens is 1. The normalized spacial score (nSPS) is 23.0. The predicted octanol–water partition coefficient (Wildman–Crippen LogP) is 7.10. The number of thioether (sulfide) groups is 2. The van der Waals surface area contributed by atoms with Crippen LogP contribution in [-0.2, 0) is 31.5 Å². The van der Waals surface area contributed by atoms with Gasteiger partial charge in [-0.2, -0.15) is 23.5 Å². The van der Waals surface area contributed by atoms with Gasteiger partial charge in [0.1, 0.15) is 6.23 Å². The highest BCUT2D eigenvalue weighted by Crippen LogP contribution is 2.58. The molecule has 43 heavy (non-hydrogen) atoms. The number of carbonyl (C=O) groups is 1. The number of hydrogen-bond acceptors (Lipinski definition) is 7. The number of aliphatic hydroxyl groups is 1. The molecule has 0 spiro atoms. The molecule has 0 aliphatic carbocycles. The van der Waals surface area contributed by atoms with Crippen LogP contribution in [0.5, 0.6) is 5.88 Å². The number of methoxy groups -OCH3 is 1. The fourth-order valence-corrected chi connectivity index (χ4v) is 8.82. The van der Waals surface area contributed by atoms with Crippen molar-refractivity contribution < 1.29 is 24.5 Å². The fourth-order valence-electron chi connectivity index (χ4n) is 7.58. The Hall–Kier alpha value is -3.31. The van der Waals surface area contributed by atoms with E-state index in [1.165, 1.54) is 18.2 Å². The number of rotatable bonds is 7. The Balaban J connectivity index is 1.62. The van der Waals surface area contributed by atoms with E-state index in [0.717, 1.165) is 77.4 Å². The molecule has 3 aromatic carbocycles. The zero-order valence-electron chi connectivity index (χ0n) is 24.5. The van der Waals surface area contributed by atoms with Gasteiger partial charge in [0.2, 0.25) is 5.60 Å². The Morgan fingerprint density at radius 3 is 2.30 bits per heavy atom. The molecule has 3 aromatic heterocycles. The molecule has 0 radical (unpaired) electrons. The van der Waals surface area contributed by atoms with E-state index in [1.807, 2.05) is 34.3 Å². The second-order valence-corrected chi connectivity index (χ2v) is 14.2. The quantitative estimate of drug-likeness (QED) is 0.165. The van der Waals surface area contributed by atoms with Crippen LogP contribution in [0.25, 0.3) is 54.4 Å². The summed E-state index contributed by atoms with van der Waals surface area (Å²) in [4.78, 5) is 16.6. The summed E-state index contributed by atoms with van der Waals surface area (Å²) >= 11 is 3.72. The maximum atomic E-state index is 13.4. The molecule has 8 nitrogen and oxygen atoms in total. The van der Waals surface area contributed by atoms with Gasteiger partial charge in [-0.3, -0.25) is 0 Å². The number of nitrogens with one attached hydrogen (secondary N) is 1. The number of hydrogen-bond donors (Lipinski definition) is 3. The van der Waals surface area contributed by atoms with Crippen LogP contribution in [0.3, 0.4) is 0 Å². The second-order valence-electron chi connectivity index (χ2n) is 11.7. The maximum absolute atomic E-state index is 13.4. The van der Waals surface area contributed by atoms with Crippen molar-refractivity contribution in [3.63, 3.8) is 0 Å². The van der Waals surface area contributed by atoms with Crippen LogP contribution in [0, 0.1) is 0 Å². The summed E-state index contributed by atoms with van der Waals surface area (Å²) in [5.74, 6) is 3.16. The Morgan fingerprint density at radius 2 is 1.65 bits per heavy atom. The van der Waals surface area contributed by atoms with Crippen molar-refractivity contribution in [1.82, 2.24) is 14.1 Å². The summed E-state index contributed by atoms with van der Waals surface area (Å²) in [6.45, 7) is 6.10. The van der Waals surface area contributed by atoms with E-state index in [4.69, 9.17) is 9.47 Å². The highest BCUT2D eigenvalue weighted by Gasteiger charge is 2.65. The van der Waals surface area contributed by atoms with Crippen LogP contribution < -0.4 is 0 Å². The molecule has 0 saturated carbocycles. The van der Waals surface area contributed by atoms with Crippen molar-refractivity contribution in [3.8, 4) is 5.88 Å². The van der Waals surface area contributed by atoms with Crippen LogP contribution in [0.15, 0.2) is 42.6 Å². The second kappa shape index (κ2) is 9.34. The average molecular weight is 616 g/mol. The van der Waals surface area contributed by atoms with Crippen LogP contribution in [0.2, 0.25) is 0 Å². The molecule has 10 heteroatoms. The summed E-state index contributed by atoms with van der Waals surface area (Å²) in [6, 6.07) is 12.8. The van der Waals surface area contributed by atoms with Gasteiger partial charge in [-0.25, -0.2) is 4.79 Å². The van der Waals surface area contributed by atoms with E-state index in [9.17, 15) is 15.0 Å². The molecule has 1 fully saturated rings. The molecule has 5 heterocycles. The molecule has 2 aliphatic heterocycles. The van der Waals surface area contributed by atoms with Crippen LogP contribution in [0.1, 0.15) is 44.5 Å². The van der Waals surface area contributed by atoms with Gasteiger partial charge in [-0.15, -0.1) is 0 Å². The van der Waals surface area contributed by atoms with Crippen LogP contribution in [-0.4, -0.2) is 54.5 Å². The molecule has 8 rings (SSSR count). The number of aromatic nitrogens is 3. The molecular weight excluding hydrogens is 583 g/mol. The molecule has 222 valence electrons. The Labute approximate surface area is 256 Å². The minimum Gasteiger partial charge on any atom is -0.494 e. The highest BCUT2D eigenvalue weighted by atomic mass is 32.2. The van der Waals surface area contributed by atoms with Crippen LogP contribution >= 0.6 is 23.5 Å². The first-order chi connectivity index (χ1) is 20.8. The van der Waals surface area contributed by atoms with E-state index in [0.29, 0.717) is 0 Å². The third-order valence-electron chi connectivity index (χ3n) is 9.49. The first-order valence-corrected chi connectivity index (χ1v) is 17.0. The van der Waals surface area contributed by atoms with Gasteiger partial charge in [0.05, 0.1) is 34.6 Å². The van der Waals surface area contributed by atoms with Gasteiger partial charge in [0, 0.05) is 51.1 Å². The summed E-state index contributed by atoms with van der Waals surface area (Å²) in [5, 5.41) is 29.2. The van der Waals surface area contributed by atoms with Gasteiger partial charge in [-0.05, 0) is 53.8 Å². The van der Waals surface area contributed by atoms with Gasteiger partial charge < -0.3 is 33.8 Å². The zero-order chi connectivity index (χ0) is 29.8. The van der Waals surface area contributed by atoms with E-state index in [2.05, 4.69) is 59.8 Å². The molecule has 3 atom stereocenters. The number of esters is 1. The van der Waals surface area contributed by atoms with Crippen molar-refractivity contribution in [2.45, 2.75) is 56.3 Å². The largest absolute Gasteiger partial charge is 0.494 e. The minimum atomic E-state index is -1.95. The van der Waals surface area contributed by atoms with E-state index < -0.39 is 23.5 Å². The van der Waals surface area contributed by atoms with Crippen molar-refractivity contribution in [2.75, 3.05) is 18.6 Å². The Kier molecular flexibility index (Phi) is 5.92. The fraction of sp³-hybridized carbons (Fsp3) is 0.364. The smallest absolute Gasteiger partial charge is 0.343 e. The minimum absolute atomic E-state index is 0.0193. The third-order valence-corrected chi connectivity index (χ3v) is 11.4. The van der Waals surface area contributed by atoms with E-state index in [1.54, 1.807) is 6.92 Å². The molecule has 6 aromatic rings. The SMILES string of the molecule is CCSCc1ccc2c(c1)c1c3c(O)[nH]cc3c3c4cc(CSCC)ccc4n4c3c1n2C1CC(O)(C(=O)OC)C4(C)O1. The Bertz CT molecular complexity index is 2150. The van der Waals surface area contributed by atoms with Gasteiger partial charge in [0.25, 0.3) is 0 Å². The molecule has 3 unspecified atom stereocenters. The van der Waals surface area contributed by atoms with Gasteiger partial charge in [0.15, 0.2) is 11.6 Å². The predicted molar refractivity (Wildman–Crippen MR) is 175 cm³/mol. The first-order valence-electron chi connectivity index (χ1n) is 14.7. The number of benzene rings is 3. The maximum Gasteiger partial charge on any atom is 0.343 e. The molecule has 2 bridgehead atoms. The monoisotopic (exact) mass is 615 g/mol. The molecule has 0 amide bonds. The number of aromatic hydroxyl groups is 1. The topological polar surface area (TPSA) is 102 Å². The number of ether oxygens (including phenoxy) is 2. The lowest BCUT2D eigenvalue weighted by atomic mass is 9.89. The zero-order valence-corrected chi connectivity index (χ0v) is 26.1. The third kappa shape index (κ3) is 3.35. The van der Waals surface area contributed by atoms with Crippen LogP contribution in [0.4, 0.5) is 0 Å². The van der Waals surface area contributed by atoms with Gasteiger partial charge in [-0.1, -0.05) is 26.0 Å². The van der Waals surface area contributed by atoms with Crippen molar-refractivity contribution in [1.29, 1.82) is 0 Å². The van der Waals surface area contributed by atoms with Crippen molar-refractivity contribution >= 4 is 83.9 Å². The van der Waals surface area contributed by atoms with E-state index >= 15 is 0 Å². The molecular formula is C33H33N3O5S2. The first kappa shape index (κ1) is 27.3. The summed E-state index contributed by atoms with van der Waals surface area (Å²) < 4.78 is 16.2. The number of fused-ring (bicyclic) bond motifs is 13. The number of aromatic amines is 1. The number of carbonyl (C=O) groups excluding carboxylic acids is 1. The molecule has 2 aliphatic rings. The lowest BCUT2D eigenvalue weighted by Gasteiger charge is -2.37. The standard InChI is InChI=1S/C33H33N3O5S2/c1-5-42-15-17-7-9-22-19(11-17)26-27-21(14-34-30(27)37)25-20-12-18(16-43-6-2)8-10-23(20)36-29(25)28(26)35(22)24-13-33(39,31(38)40-4)32(36,3)41-24/h7-12,14,24,34,37,39H,5-6,13,15-16H2,1-4H3. The van der Waals surface area contributed by atoms with Crippen molar-refractivity contribution in [3.05, 3.63) is 53.7 Å². The molecule has 1 saturated heterocycles. The average Bonchev–Trinajstić information content (AvgIpc) is 3.70. The highest BCUT2D eigenvalue weighted by molar-refractivity contribution is 7.98. The van der Waals surface area contributed by atoms with Gasteiger partial charge >= 0.3 is 5.97 Å². The molecule has 3 N–H and O–H groups in total.